The van der Waals surface area contributed by atoms with Gasteiger partial charge in [0, 0.05) is 18.2 Å². The van der Waals surface area contributed by atoms with Gasteiger partial charge < -0.3 is 28.7 Å². The Bertz CT molecular complexity index is 1190. The normalized spacial score (nSPS) is 14.2. The molecule has 0 spiro atoms. The maximum absolute atomic E-state index is 12.9. The maximum atomic E-state index is 12.9. The molecule has 2 heterocycles. The average Bonchev–Trinajstić information content (AvgIpc) is 3.28. The third-order valence-electron chi connectivity index (χ3n) is 6.35. The summed E-state index contributed by atoms with van der Waals surface area (Å²) in [5, 5.41) is 4.32. The molecule has 1 aromatic heterocycles. The summed E-state index contributed by atoms with van der Waals surface area (Å²) in [6.45, 7) is 6.90. The van der Waals surface area contributed by atoms with Crippen LogP contribution >= 0.6 is 0 Å². The summed E-state index contributed by atoms with van der Waals surface area (Å²) in [5.74, 6) is 2.03. The molecule has 34 heavy (non-hydrogen) atoms. The molecule has 180 valence electrons. The molecule has 0 aliphatic carbocycles. The van der Waals surface area contributed by atoms with Crippen molar-refractivity contribution in [2.75, 3.05) is 26.6 Å². The molecule has 0 unspecified atom stereocenters. The molecule has 0 atom stereocenters. The van der Waals surface area contributed by atoms with Gasteiger partial charge in [-0.05, 0) is 36.6 Å². The maximum Gasteiger partial charge on any atom is 0.291 e. The Hall–Kier alpha value is -3.39. The first-order chi connectivity index (χ1) is 16.2. The predicted molar refractivity (Wildman–Crippen MR) is 134 cm³/mol. The predicted octanol–water partition coefficient (Wildman–Crippen LogP) is 5.52. The molecule has 2 aromatic carbocycles. The van der Waals surface area contributed by atoms with Crippen LogP contribution in [0.2, 0.25) is 19.1 Å². The van der Waals surface area contributed by atoms with Crippen LogP contribution in [-0.4, -0.2) is 35.3 Å². The van der Waals surface area contributed by atoms with Crippen molar-refractivity contribution in [1.82, 2.24) is 0 Å². The van der Waals surface area contributed by atoms with Crippen LogP contribution in [0.3, 0.4) is 0 Å². The van der Waals surface area contributed by atoms with Crippen LogP contribution in [0.4, 0.5) is 5.69 Å². The van der Waals surface area contributed by atoms with Crippen molar-refractivity contribution in [3.63, 3.8) is 0 Å². The lowest BCUT2D eigenvalue weighted by molar-refractivity contribution is 0.0991. The monoisotopic (exact) mass is 481 g/mol. The lowest BCUT2D eigenvalue weighted by Gasteiger charge is -2.31. The number of methoxy groups -OCH3 is 3. The number of ether oxygens (including phenoxy) is 4. The fourth-order valence-electron chi connectivity index (χ4n) is 4.44. The molecule has 1 aliphatic rings. The first kappa shape index (κ1) is 23.8. The van der Waals surface area contributed by atoms with E-state index in [2.05, 4.69) is 30.5 Å². The molecule has 8 heteroatoms. The van der Waals surface area contributed by atoms with Crippen LogP contribution in [0.5, 0.6) is 28.9 Å². The molecular weight excluding hydrogens is 450 g/mol. The minimum absolute atomic E-state index is 0.110. The van der Waals surface area contributed by atoms with E-state index in [4.69, 9.17) is 23.4 Å². The fourth-order valence-corrected chi connectivity index (χ4v) is 7.45. The zero-order chi connectivity index (χ0) is 24.5. The highest BCUT2D eigenvalue weighted by molar-refractivity contribution is 6.90. The molecule has 1 N–H and O–H groups in total. The minimum Gasteiger partial charge on any atom is -0.496 e. The van der Waals surface area contributed by atoms with Gasteiger partial charge in [0.05, 0.1) is 29.4 Å². The average molecular weight is 482 g/mol. The molecule has 0 radical (unpaired) electrons. The van der Waals surface area contributed by atoms with Crippen LogP contribution in [0.1, 0.15) is 28.1 Å². The van der Waals surface area contributed by atoms with E-state index in [1.54, 1.807) is 31.4 Å². The number of rotatable bonds is 7. The summed E-state index contributed by atoms with van der Waals surface area (Å²) >= 11 is 0. The summed E-state index contributed by atoms with van der Waals surface area (Å²) in [6, 6.07) is 12.3. The van der Waals surface area contributed by atoms with E-state index >= 15 is 0 Å². The van der Waals surface area contributed by atoms with Crippen LogP contribution in [0, 0.1) is 6.92 Å². The van der Waals surface area contributed by atoms with Gasteiger partial charge in [0.2, 0.25) is 0 Å². The number of nitrogens with one attached hydrogen (secondary N) is 1. The molecular formula is C26H31NO6Si. The Labute approximate surface area is 201 Å². The number of carbonyl (C=O) groups excluding carboxylic acids is 1. The minimum atomic E-state index is -1.39. The zero-order valence-corrected chi connectivity index (χ0v) is 21.5. The number of hydrogen-bond donors (Lipinski definition) is 1. The first-order valence-corrected chi connectivity index (χ1v) is 14.5. The van der Waals surface area contributed by atoms with Gasteiger partial charge in [-0.15, -0.1) is 0 Å². The number of carbonyl (C=O) groups is 1. The van der Waals surface area contributed by atoms with Gasteiger partial charge >= 0.3 is 0 Å². The number of furan rings is 1. The first-order valence-electron chi connectivity index (χ1n) is 11.3. The number of anilines is 1. The van der Waals surface area contributed by atoms with Gasteiger partial charge in [-0.2, -0.15) is 0 Å². The Morgan fingerprint density at radius 3 is 2.32 bits per heavy atom. The SMILES string of the molecule is COc1cc(OC)c(NC(=O)c2ccc(Oc3cc4c(cc3C)[Si](C)(C)CCC4)o2)c(OC)c1. The lowest BCUT2D eigenvalue weighted by Crippen LogP contribution is -2.46. The number of aryl methyl sites for hydroxylation is 2. The van der Waals surface area contributed by atoms with Crippen molar-refractivity contribution in [2.45, 2.75) is 38.9 Å². The lowest BCUT2D eigenvalue weighted by atomic mass is 10.1. The Morgan fingerprint density at radius 2 is 1.68 bits per heavy atom. The van der Waals surface area contributed by atoms with Crippen molar-refractivity contribution in [3.05, 3.63) is 53.3 Å². The highest BCUT2D eigenvalue weighted by Crippen LogP contribution is 2.39. The largest absolute Gasteiger partial charge is 0.496 e. The summed E-state index contributed by atoms with van der Waals surface area (Å²) in [4.78, 5) is 12.9. The highest BCUT2D eigenvalue weighted by Gasteiger charge is 2.30. The van der Waals surface area contributed by atoms with Crippen molar-refractivity contribution < 1.29 is 28.2 Å². The Kier molecular flexibility index (Phi) is 6.61. The van der Waals surface area contributed by atoms with E-state index in [1.165, 1.54) is 37.4 Å². The van der Waals surface area contributed by atoms with Crippen molar-refractivity contribution in [3.8, 4) is 28.9 Å². The van der Waals surface area contributed by atoms with Crippen LogP contribution in [-0.2, 0) is 6.42 Å². The standard InChI is InChI=1S/C26H31NO6Si/c1-16-12-23-17(8-7-11-34(23,5)6)13-20(16)33-24-10-9-19(32-24)26(28)27-25-21(30-3)14-18(29-2)15-22(25)31-4/h9-10,12-15H,7-8,11H2,1-6H3,(H,27,28). The number of benzene rings is 2. The van der Waals surface area contributed by atoms with E-state index in [-0.39, 0.29) is 11.7 Å². The second-order valence-electron chi connectivity index (χ2n) is 9.09. The zero-order valence-electron chi connectivity index (χ0n) is 20.5. The van der Waals surface area contributed by atoms with E-state index in [0.29, 0.717) is 22.9 Å². The molecule has 4 rings (SSSR count). The Balaban J connectivity index is 1.54. The van der Waals surface area contributed by atoms with Crippen LogP contribution in [0.25, 0.3) is 0 Å². The van der Waals surface area contributed by atoms with Gasteiger partial charge in [-0.3, -0.25) is 4.79 Å². The van der Waals surface area contributed by atoms with Gasteiger partial charge in [-0.1, -0.05) is 36.8 Å². The molecule has 0 saturated carbocycles. The quantitative estimate of drug-likeness (QED) is 0.448. The summed E-state index contributed by atoms with van der Waals surface area (Å²) in [6.07, 6.45) is 2.29. The third kappa shape index (κ3) is 4.63. The van der Waals surface area contributed by atoms with E-state index < -0.39 is 14.0 Å². The number of hydrogen-bond acceptors (Lipinski definition) is 6. The number of fused-ring (bicyclic) bond motifs is 1. The van der Waals surface area contributed by atoms with Crippen LogP contribution < -0.4 is 29.5 Å². The fraction of sp³-hybridized carbons (Fsp3) is 0.346. The van der Waals surface area contributed by atoms with Gasteiger partial charge in [0.1, 0.15) is 28.7 Å². The molecule has 0 bridgehead atoms. The molecule has 1 amide bonds. The Morgan fingerprint density at radius 1 is 0.971 bits per heavy atom. The summed E-state index contributed by atoms with van der Waals surface area (Å²) in [5.41, 5.74) is 2.81. The van der Waals surface area contributed by atoms with E-state index in [9.17, 15) is 4.79 Å². The second-order valence-corrected chi connectivity index (χ2v) is 13.9. The third-order valence-corrected chi connectivity index (χ3v) is 9.87. The van der Waals surface area contributed by atoms with E-state index in [0.717, 1.165) is 17.7 Å². The van der Waals surface area contributed by atoms with Gasteiger partial charge in [0.25, 0.3) is 11.9 Å². The molecule has 0 saturated heterocycles. The van der Waals surface area contributed by atoms with Crippen molar-refractivity contribution in [1.29, 1.82) is 0 Å². The molecule has 3 aromatic rings. The number of amides is 1. The summed E-state index contributed by atoms with van der Waals surface area (Å²) < 4.78 is 27.8. The van der Waals surface area contributed by atoms with E-state index in [1.807, 2.05) is 6.92 Å². The smallest absolute Gasteiger partial charge is 0.291 e. The summed E-state index contributed by atoms with van der Waals surface area (Å²) in [7, 11) is 3.17. The molecule has 0 fully saturated rings. The second kappa shape index (κ2) is 9.46. The van der Waals surface area contributed by atoms with Crippen molar-refractivity contribution in [2.24, 2.45) is 0 Å². The van der Waals surface area contributed by atoms with Gasteiger partial charge in [-0.25, -0.2) is 0 Å². The van der Waals surface area contributed by atoms with Gasteiger partial charge in [0.15, 0.2) is 5.76 Å². The molecule has 1 aliphatic heterocycles. The van der Waals surface area contributed by atoms with Crippen LogP contribution in [0.15, 0.2) is 40.8 Å². The van der Waals surface area contributed by atoms with Crippen molar-refractivity contribution >= 4 is 24.9 Å². The highest BCUT2D eigenvalue weighted by atomic mass is 28.3. The topological polar surface area (TPSA) is 79.2 Å². The molecule has 7 nitrogen and oxygen atoms in total.